The summed E-state index contributed by atoms with van der Waals surface area (Å²) in [5.74, 6) is -1.72. The molecular formula is C24H22F2N2O. The smallest absolute Gasteiger partial charge is 0.244 e. The van der Waals surface area contributed by atoms with Gasteiger partial charge in [0.2, 0.25) is 5.91 Å². The van der Waals surface area contributed by atoms with Crippen LogP contribution in [0.15, 0.2) is 78.9 Å². The molecule has 0 aliphatic rings. The molecule has 5 heteroatoms. The lowest BCUT2D eigenvalue weighted by Gasteiger charge is -2.15. The second kappa shape index (κ2) is 9.64. The van der Waals surface area contributed by atoms with Crippen molar-refractivity contribution in [2.45, 2.75) is 19.5 Å². The van der Waals surface area contributed by atoms with Crippen molar-refractivity contribution in [1.29, 1.82) is 0 Å². The molecule has 0 aliphatic heterocycles. The SMILES string of the molecule is C[C@H](NC(=O)/C=C/c1ccc(F)cc1F)c1cccc(NCc2ccccc2)c1. The molecule has 0 aromatic heterocycles. The average Bonchev–Trinajstić information content (AvgIpc) is 2.72. The van der Waals surface area contributed by atoms with Crippen molar-refractivity contribution in [3.63, 3.8) is 0 Å². The minimum atomic E-state index is -0.709. The van der Waals surface area contributed by atoms with E-state index >= 15 is 0 Å². The molecule has 0 spiro atoms. The molecule has 0 heterocycles. The van der Waals surface area contributed by atoms with Gasteiger partial charge in [0.25, 0.3) is 0 Å². The summed E-state index contributed by atoms with van der Waals surface area (Å²) in [6.07, 6.45) is 2.57. The Balaban J connectivity index is 1.59. The van der Waals surface area contributed by atoms with Gasteiger partial charge < -0.3 is 10.6 Å². The summed E-state index contributed by atoms with van der Waals surface area (Å²) in [6.45, 7) is 2.58. The van der Waals surface area contributed by atoms with Gasteiger partial charge >= 0.3 is 0 Å². The molecule has 0 aliphatic carbocycles. The van der Waals surface area contributed by atoms with Crippen LogP contribution in [0.2, 0.25) is 0 Å². The summed E-state index contributed by atoms with van der Waals surface area (Å²) in [7, 11) is 0. The summed E-state index contributed by atoms with van der Waals surface area (Å²) in [6, 6.07) is 20.9. The highest BCUT2D eigenvalue weighted by molar-refractivity contribution is 5.92. The van der Waals surface area contributed by atoms with E-state index in [0.29, 0.717) is 6.54 Å². The van der Waals surface area contributed by atoms with Crippen molar-refractivity contribution < 1.29 is 13.6 Å². The third-order valence-corrected chi connectivity index (χ3v) is 4.46. The third kappa shape index (κ3) is 6.01. The first-order chi connectivity index (χ1) is 14.0. The number of halogens is 2. The molecule has 0 bridgehead atoms. The van der Waals surface area contributed by atoms with E-state index in [0.717, 1.165) is 23.4 Å². The lowest BCUT2D eigenvalue weighted by molar-refractivity contribution is -0.117. The molecule has 3 aromatic rings. The van der Waals surface area contributed by atoms with E-state index in [2.05, 4.69) is 22.8 Å². The topological polar surface area (TPSA) is 41.1 Å². The Kier molecular flexibility index (Phi) is 6.74. The Hall–Kier alpha value is -3.47. The van der Waals surface area contributed by atoms with Crippen molar-refractivity contribution >= 4 is 17.7 Å². The minimum Gasteiger partial charge on any atom is -0.381 e. The molecule has 29 heavy (non-hydrogen) atoms. The number of hydrogen-bond donors (Lipinski definition) is 2. The van der Waals surface area contributed by atoms with Gasteiger partial charge in [-0.1, -0.05) is 42.5 Å². The summed E-state index contributed by atoms with van der Waals surface area (Å²) in [4.78, 5) is 12.2. The quantitative estimate of drug-likeness (QED) is 0.524. The van der Waals surface area contributed by atoms with Crippen LogP contribution in [-0.4, -0.2) is 5.91 Å². The first-order valence-electron chi connectivity index (χ1n) is 9.32. The highest BCUT2D eigenvalue weighted by Crippen LogP contribution is 2.18. The molecule has 0 fully saturated rings. The number of hydrogen-bond acceptors (Lipinski definition) is 2. The van der Waals surface area contributed by atoms with E-state index in [1.165, 1.54) is 23.8 Å². The van der Waals surface area contributed by atoms with E-state index < -0.39 is 11.6 Å². The fraction of sp³-hybridized carbons (Fsp3) is 0.125. The molecule has 2 N–H and O–H groups in total. The molecular weight excluding hydrogens is 370 g/mol. The fourth-order valence-electron chi connectivity index (χ4n) is 2.86. The molecule has 0 unspecified atom stereocenters. The largest absolute Gasteiger partial charge is 0.381 e. The van der Waals surface area contributed by atoms with Gasteiger partial charge in [-0.3, -0.25) is 4.79 Å². The third-order valence-electron chi connectivity index (χ3n) is 4.46. The standard InChI is InChI=1S/C24H22F2N2O/c1-17(28-24(29)13-11-19-10-12-21(25)15-23(19)26)20-8-5-9-22(14-20)27-16-18-6-3-2-4-7-18/h2-15,17,27H,16H2,1H3,(H,28,29)/b13-11+/t17-/m0/s1. The van der Waals surface area contributed by atoms with Crippen LogP contribution in [0.25, 0.3) is 6.08 Å². The number of amides is 1. The highest BCUT2D eigenvalue weighted by atomic mass is 19.1. The van der Waals surface area contributed by atoms with E-state index in [4.69, 9.17) is 0 Å². The maximum atomic E-state index is 13.6. The fourth-order valence-corrected chi connectivity index (χ4v) is 2.86. The Morgan fingerprint density at radius 1 is 1.00 bits per heavy atom. The van der Waals surface area contributed by atoms with E-state index in [1.54, 1.807) is 0 Å². The van der Waals surface area contributed by atoms with Gasteiger partial charge in [0.15, 0.2) is 0 Å². The maximum Gasteiger partial charge on any atom is 0.244 e. The van der Waals surface area contributed by atoms with Crippen molar-refractivity contribution in [2.75, 3.05) is 5.32 Å². The molecule has 3 rings (SSSR count). The number of rotatable bonds is 7. The number of anilines is 1. The van der Waals surface area contributed by atoms with Crippen LogP contribution in [-0.2, 0) is 11.3 Å². The van der Waals surface area contributed by atoms with E-state index in [1.807, 2.05) is 49.4 Å². The zero-order valence-electron chi connectivity index (χ0n) is 16.0. The number of nitrogens with one attached hydrogen (secondary N) is 2. The Morgan fingerprint density at radius 2 is 1.79 bits per heavy atom. The van der Waals surface area contributed by atoms with Gasteiger partial charge in [0.05, 0.1) is 6.04 Å². The minimum absolute atomic E-state index is 0.154. The Morgan fingerprint density at radius 3 is 2.55 bits per heavy atom. The van der Waals surface area contributed by atoms with Crippen LogP contribution >= 0.6 is 0 Å². The number of carbonyl (C=O) groups excluding carboxylic acids is 1. The predicted octanol–water partition coefficient (Wildman–Crippen LogP) is 5.47. The highest BCUT2D eigenvalue weighted by Gasteiger charge is 2.09. The van der Waals surface area contributed by atoms with Crippen molar-refractivity contribution in [3.05, 3.63) is 107 Å². The second-order valence-electron chi connectivity index (χ2n) is 6.69. The molecule has 0 saturated carbocycles. The van der Waals surface area contributed by atoms with Gasteiger partial charge in [-0.25, -0.2) is 8.78 Å². The first-order valence-corrected chi connectivity index (χ1v) is 9.32. The maximum absolute atomic E-state index is 13.6. The predicted molar refractivity (Wildman–Crippen MR) is 112 cm³/mol. The van der Waals surface area contributed by atoms with Gasteiger partial charge in [-0.05, 0) is 48.4 Å². The zero-order valence-corrected chi connectivity index (χ0v) is 16.0. The molecule has 1 atom stereocenters. The lowest BCUT2D eigenvalue weighted by Crippen LogP contribution is -2.24. The van der Waals surface area contributed by atoms with E-state index in [9.17, 15) is 13.6 Å². The van der Waals surface area contributed by atoms with E-state index in [-0.39, 0.29) is 17.5 Å². The van der Waals surface area contributed by atoms with Crippen molar-refractivity contribution in [2.24, 2.45) is 0 Å². The van der Waals surface area contributed by atoms with Crippen molar-refractivity contribution in [1.82, 2.24) is 5.32 Å². The monoisotopic (exact) mass is 392 g/mol. The Labute approximate surface area is 169 Å². The molecule has 0 radical (unpaired) electrons. The summed E-state index contributed by atoms with van der Waals surface area (Å²) in [5.41, 5.74) is 3.23. The second-order valence-corrected chi connectivity index (χ2v) is 6.69. The Bertz CT molecular complexity index is 1000. The zero-order chi connectivity index (χ0) is 20.6. The van der Waals surface area contributed by atoms with Crippen molar-refractivity contribution in [3.8, 4) is 0 Å². The van der Waals surface area contributed by atoms with Crippen LogP contribution in [0.4, 0.5) is 14.5 Å². The first kappa shape index (κ1) is 20.3. The van der Waals surface area contributed by atoms with Gasteiger partial charge in [-0.2, -0.15) is 0 Å². The van der Waals surface area contributed by atoms with Gasteiger partial charge in [-0.15, -0.1) is 0 Å². The average molecular weight is 392 g/mol. The van der Waals surface area contributed by atoms with Crippen LogP contribution < -0.4 is 10.6 Å². The van der Waals surface area contributed by atoms with Crippen LogP contribution in [0.5, 0.6) is 0 Å². The van der Waals surface area contributed by atoms with Crippen LogP contribution in [0.3, 0.4) is 0 Å². The van der Waals surface area contributed by atoms with Crippen LogP contribution in [0.1, 0.15) is 29.7 Å². The molecule has 0 saturated heterocycles. The normalized spacial score (nSPS) is 12.0. The number of carbonyl (C=O) groups is 1. The van der Waals surface area contributed by atoms with Gasteiger partial charge in [0, 0.05) is 29.9 Å². The summed E-state index contributed by atoms with van der Waals surface area (Å²) in [5, 5.41) is 6.22. The summed E-state index contributed by atoms with van der Waals surface area (Å²) < 4.78 is 26.6. The molecule has 1 amide bonds. The van der Waals surface area contributed by atoms with Crippen LogP contribution in [0, 0.1) is 11.6 Å². The lowest BCUT2D eigenvalue weighted by atomic mass is 10.1. The molecule has 3 nitrogen and oxygen atoms in total. The molecule has 148 valence electrons. The number of benzene rings is 3. The summed E-state index contributed by atoms with van der Waals surface area (Å²) >= 11 is 0. The molecule has 3 aromatic carbocycles. The van der Waals surface area contributed by atoms with Gasteiger partial charge in [0.1, 0.15) is 11.6 Å².